The minimum absolute atomic E-state index is 0.0380. The van der Waals surface area contributed by atoms with Crippen LogP contribution in [0.2, 0.25) is 0 Å². The Hall–Kier alpha value is -2.03. The Balaban J connectivity index is 2.47. The minimum Gasteiger partial charge on any atom is -0.550 e. The second-order valence-corrected chi connectivity index (χ2v) is 3.84. The molecule has 0 saturated heterocycles. The van der Waals surface area contributed by atoms with Gasteiger partial charge in [0.05, 0.1) is 7.11 Å². The lowest BCUT2D eigenvalue weighted by Crippen LogP contribution is -2.22. The normalized spacial score (nSPS) is 10.4. The first-order valence-corrected chi connectivity index (χ1v) is 5.47. The van der Waals surface area contributed by atoms with Crippen LogP contribution in [0.3, 0.4) is 0 Å². The molecule has 0 bridgehead atoms. The van der Waals surface area contributed by atoms with Gasteiger partial charge in [-0.1, -0.05) is 30.3 Å². The van der Waals surface area contributed by atoms with Gasteiger partial charge in [0.15, 0.2) is 0 Å². The van der Waals surface area contributed by atoms with Crippen molar-refractivity contribution in [2.24, 2.45) is 0 Å². The maximum Gasteiger partial charge on any atom is 0.126 e. The van der Waals surface area contributed by atoms with Gasteiger partial charge < -0.3 is 14.6 Å². The quantitative estimate of drug-likeness (QED) is 0.798. The van der Waals surface area contributed by atoms with E-state index < -0.39 is 5.97 Å². The van der Waals surface area contributed by atoms with E-state index in [1.807, 2.05) is 36.4 Å². The zero-order valence-electron chi connectivity index (χ0n) is 9.60. The maximum absolute atomic E-state index is 10.5. The number of benzene rings is 2. The molecule has 0 saturated carbocycles. The molecule has 0 aromatic heterocycles. The molecule has 2 aromatic rings. The van der Waals surface area contributed by atoms with E-state index in [1.165, 1.54) is 0 Å². The van der Waals surface area contributed by atoms with Crippen LogP contribution >= 0.6 is 0 Å². The fourth-order valence-electron chi connectivity index (χ4n) is 1.97. The van der Waals surface area contributed by atoms with Crippen LogP contribution in [0.4, 0.5) is 0 Å². The maximum atomic E-state index is 10.5. The van der Waals surface area contributed by atoms with Gasteiger partial charge in [0.25, 0.3) is 0 Å². The summed E-state index contributed by atoms with van der Waals surface area (Å²) in [6, 6.07) is 11.6. The van der Waals surface area contributed by atoms with Crippen LogP contribution in [0.1, 0.15) is 12.0 Å². The third kappa shape index (κ3) is 2.38. The van der Waals surface area contributed by atoms with Gasteiger partial charge in [0.1, 0.15) is 5.75 Å². The number of ether oxygens (including phenoxy) is 1. The van der Waals surface area contributed by atoms with Crippen molar-refractivity contribution in [3.05, 3.63) is 42.0 Å². The van der Waals surface area contributed by atoms with Crippen molar-refractivity contribution in [1.82, 2.24) is 0 Å². The Morgan fingerprint density at radius 2 is 1.88 bits per heavy atom. The first kappa shape index (κ1) is 11.5. The molecule has 0 heterocycles. The molecular weight excluding hydrogens is 216 g/mol. The fraction of sp³-hybridized carbons (Fsp3) is 0.214. The Morgan fingerprint density at radius 3 is 2.53 bits per heavy atom. The molecule has 3 nitrogen and oxygen atoms in total. The topological polar surface area (TPSA) is 49.4 Å². The van der Waals surface area contributed by atoms with Crippen molar-refractivity contribution in [2.75, 3.05) is 7.11 Å². The van der Waals surface area contributed by atoms with Crippen LogP contribution in [0.15, 0.2) is 36.4 Å². The molecule has 3 heteroatoms. The molecule has 0 spiro atoms. The molecule has 0 N–H and O–H groups in total. The fourth-order valence-corrected chi connectivity index (χ4v) is 1.97. The molecule has 0 aliphatic rings. The average Bonchev–Trinajstić information content (AvgIpc) is 2.35. The monoisotopic (exact) mass is 229 g/mol. The molecule has 0 aliphatic heterocycles. The van der Waals surface area contributed by atoms with Gasteiger partial charge in [0.2, 0.25) is 0 Å². The van der Waals surface area contributed by atoms with Gasteiger partial charge in [-0.25, -0.2) is 0 Å². The highest BCUT2D eigenvalue weighted by Gasteiger charge is 2.05. The highest BCUT2D eigenvalue weighted by atomic mass is 16.5. The Kier molecular flexibility index (Phi) is 3.28. The lowest BCUT2D eigenvalue weighted by atomic mass is 10.0. The second-order valence-electron chi connectivity index (χ2n) is 3.84. The molecule has 0 amide bonds. The van der Waals surface area contributed by atoms with Crippen molar-refractivity contribution >= 4 is 16.7 Å². The summed E-state index contributed by atoms with van der Waals surface area (Å²) in [4.78, 5) is 10.5. The van der Waals surface area contributed by atoms with Gasteiger partial charge in [-0.05, 0) is 29.9 Å². The number of hydrogen-bond donors (Lipinski definition) is 0. The molecule has 0 fully saturated rings. The largest absolute Gasteiger partial charge is 0.550 e. The number of hydrogen-bond acceptors (Lipinski definition) is 3. The van der Waals surface area contributed by atoms with Crippen LogP contribution in [-0.2, 0) is 11.2 Å². The van der Waals surface area contributed by atoms with E-state index in [0.29, 0.717) is 6.42 Å². The Morgan fingerprint density at radius 1 is 1.18 bits per heavy atom. The molecule has 17 heavy (non-hydrogen) atoms. The lowest BCUT2D eigenvalue weighted by Gasteiger charge is -2.10. The lowest BCUT2D eigenvalue weighted by molar-refractivity contribution is -0.305. The first-order chi connectivity index (χ1) is 8.22. The molecule has 0 atom stereocenters. The first-order valence-electron chi connectivity index (χ1n) is 5.47. The number of carboxylic acids is 1. The number of aryl methyl sites for hydroxylation is 1. The summed E-state index contributed by atoms with van der Waals surface area (Å²) in [5.41, 5.74) is 1.01. The molecule has 0 aliphatic carbocycles. The van der Waals surface area contributed by atoms with Crippen molar-refractivity contribution < 1.29 is 14.6 Å². The predicted octanol–water partition coefficient (Wildman–Crippen LogP) is 1.53. The van der Waals surface area contributed by atoms with Gasteiger partial charge in [-0.3, -0.25) is 0 Å². The van der Waals surface area contributed by atoms with E-state index in [0.717, 1.165) is 22.1 Å². The van der Waals surface area contributed by atoms with Crippen LogP contribution in [0, 0.1) is 0 Å². The summed E-state index contributed by atoms with van der Waals surface area (Å²) in [5, 5.41) is 12.5. The van der Waals surface area contributed by atoms with E-state index in [2.05, 4.69) is 0 Å². The Bertz CT molecular complexity index is 546. The average molecular weight is 229 g/mol. The molecule has 0 unspecified atom stereocenters. The molecule has 88 valence electrons. The van der Waals surface area contributed by atoms with E-state index in [9.17, 15) is 9.90 Å². The summed E-state index contributed by atoms with van der Waals surface area (Å²) in [7, 11) is 1.63. The van der Waals surface area contributed by atoms with Crippen LogP contribution in [0.5, 0.6) is 5.75 Å². The zero-order chi connectivity index (χ0) is 12.3. The third-order valence-corrected chi connectivity index (χ3v) is 2.79. The highest BCUT2D eigenvalue weighted by molar-refractivity contribution is 5.91. The van der Waals surface area contributed by atoms with Crippen molar-refractivity contribution in [3.63, 3.8) is 0 Å². The molecule has 2 aromatic carbocycles. The second kappa shape index (κ2) is 4.87. The number of fused-ring (bicyclic) bond motifs is 1. The summed E-state index contributed by atoms with van der Waals surface area (Å²) in [5.74, 6) is -0.220. The van der Waals surface area contributed by atoms with E-state index in [-0.39, 0.29) is 6.42 Å². The van der Waals surface area contributed by atoms with E-state index in [1.54, 1.807) is 7.11 Å². The smallest absolute Gasteiger partial charge is 0.126 e. The number of methoxy groups -OCH3 is 1. The van der Waals surface area contributed by atoms with Gasteiger partial charge in [0, 0.05) is 11.4 Å². The number of rotatable bonds is 4. The van der Waals surface area contributed by atoms with Crippen LogP contribution < -0.4 is 9.84 Å². The van der Waals surface area contributed by atoms with Crippen molar-refractivity contribution in [1.29, 1.82) is 0 Å². The number of carboxylic acid groups (broad SMARTS) is 1. The van der Waals surface area contributed by atoms with Crippen molar-refractivity contribution in [3.8, 4) is 5.75 Å². The minimum atomic E-state index is -1.02. The molecule has 2 rings (SSSR count). The van der Waals surface area contributed by atoms with Crippen LogP contribution in [0.25, 0.3) is 10.8 Å². The summed E-state index contributed by atoms with van der Waals surface area (Å²) >= 11 is 0. The summed E-state index contributed by atoms with van der Waals surface area (Å²) in [6.45, 7) is 0. The summed E-state index contributed by atoms with van der Waals surface area (Å²) < 4.78 is 5.28. The van der Waals surface area contributed by atoms with Gasteiger partial charge >= 0.3 is 0 Å². The van der Waals surface area contributed by atoms with E-state index >= 15 is 0 Å². The highest BCUT2D eigenvalue weighted by Crippen LogP contribution is 2.28. The SMILES string of the molecule is COc1ccc(CCC(=O)[O-])c2ccccc12. The van der Waals surface area contributed by atoms with E-state index in [4.69, 9.17) is 4.74 Å². The van der Waals surface area contributed by atoms with Gasteiger partial charge in [-0.15, -0.1) is 0 Å². The predicted molar refractivity (Wildman–Crippen MR) is 63.8 cm³/mol. The number of carbonyl (C=O) groups is 1. The standard InChI is InChI=1S/C14H14O3/c1-17-13-8-6-10(7-9-14(15)16)11-4-2-3-5-12(11)13/h2-6,8H,7,9H2,1H3,(H,15,16)/p-1. The number of aliphatic carboxylic acids is 1. The van der Waals surface area contributed by atoms with Gasteiger partial charge in [-0.2, -0.15) is 0 Å². The Labute approximate surface area is 99.6 Å². The zero-order valence-corrected chi connectivity index (χ0v) is 9.60. The molecular formula is C14H13O3-. The van der Waals surface area contributed by atoms with Crippen molar-refractivity contribution in [2.45, 2.75) is 12.8 Å². The third-order valence-electron chi connectivity index (χ3n) is 2.79. The van der Waals surface area contributed by atoms with Crippen LogP contribution in [-0.4, -0.2) is 13.1 Å². The summed E-state index contributed by atoms with van der Waals surface area (Å²) in [6.07, 6.45) is 0.517. The molecule has 0 radical (unpaired) electrons. The number of carbonyl (C=O) groups excluding carboxylic acids is 1.